The quantitative estimate of drug-likeness (QED) is 0.819. The van der Waals surface area contributed by atoms with Gasteiger partial charge >= 0.3 is 0 Å². The van der Waals surface area contributed by atoms with E-state index in [-0.39, 0.29) is 5.41 Å². The van der Waals surface area contributed by atoms with E-state index in [4.69, 9.17) is 4.74 Å². The molecule has 0 radical (unpaired) electrons. The first-order valence-electron chi connectivity index (χ1n) is 7.59. The van der Waals surface area contributed by atoms with Gasteiger partial charge in [0.2, 0.25) is 5.88 Å². The van der Waals surface area contributed by atoms with E-state index >= 15 is 0 Å². The molecule has 0 fully saturated rings. The molecule has 0 bridgehead atoms. The molecule has 0 atom stereocenters. The van der Waals surface area contributed by atoms with Gasteiger partial charge in [-0.2, -0.15) is 4.98 Å². The first kappa shape index (κ1) is 16.7. The molecule has 1 aromatic rings. The van der Waals surface area contributed by atoms with E-state index in [0.717, 1.165) is 31.0 Å². The maximum Gasteiger partial charge on any atom is 0.218 e. The minimum absolute atomic E-state index is 0.0833. The van der Waals surface area contributed by atoms with Crippen LogP contribution < -0.4 is 10.1 Å². The third-order valence-corrected chi connectivity index (χ3v) is 2.86. The lowest BCUT2D eigenvalue weighted by atomic mass is 9.96. The molecule has 1 rings (SSSR count). The number of anilines is 1. The zero-order chi connectivity index (χ0) is 15.2. The molecule has 0 aliphatic carbocycles. The van der Waals surface area contributed by atoms with E-state index in [0.29, 0.717) is 18.4 Å². The fraction of sp³-hybridized carbons (Fsp3) is 0.750. The van der Waals surface area contributed by atoms with Crippen LogP contribution in [0.4, 0.5) is 5.82 Å². The fourth-order valence-electron chi connectivity index (χ4n) is 1.62. The lowest BCUT2D eigenvalue weighted by Crippen LogP contribution is -2.18. The van der Waals surface area contributed by atoms with Crippen molar-refractivity contribution in [3.05, 3.63) is 11.9 Å². The van der Waals surface area contributed by atoms with Gasteiger partial charge < -0.3 is 10.1 Å². The standard InChI is InChI=1S/C16H29N3O/c1-7-10-20-14-11-13(17-9-8-12(2)3)18-15(19-14)16(4,5)6/h11-12H,7-10H2,1-6H3,(H,17,18,19). The lowest BCUT2D eigenvalue weighted by molar-refractivity contribution is 0.301. The molecule has 0 spiro atoms. The molecule has 0 aromatic carbocycles. The first-order chi connectivity index (χ1) is 9.32. The molecule has 0 unspecified atom stereocenters. The van der Waals surface area contributed by atoms with Crippen LogP contribution >= 0.6 is 0 Å². The van der Waals surface area contributed by atoms with E-state index in [2.05, 4.69) is 56.8 Å². The molecule has 0 saturated heterocycles. The predicted octanol–water partition coefficient (Wildman–Crippen LogP) is 4.02. The Balaban J connectivity index is 2.86. The second-order valence-electron chi connectivity index (χ2n) is 6.62. The van der Waals surface area contributed by atoms with Crippen LogP contribution in [0.2, 0.25) is 0 Å². The summed E-state index contributed by atoms with van der Waals surface area (Å²) in [5.74, 6) is 3.02. The van der Waals surface area contributed by atoms with Crippen molar-refractivity contribution in [3.8, 4) is 5.88 Å². The van der Waals surface area contributed by atoms with Crippen molar-refractivity contribution in [2.24, 2.45) is 5.92 Å². The largest absolute Gasteiger partial charge is 0.478 e. The molecule has 0 aliphatic rings. The molecule has 0 saturated carbocycles. The van der Waals surface area contributed by atoms with Gasteiger partial charge in [0.25, 0.3) is 0 Å². The van der Waals surface area contributed by atoms with Crippen LogP contribution in [0.1, 0.15) is 60.2 Å². The number of nitrogens with zero attached hydrogens (tertiary/aromatic N) is 2. The summed E-state index contributed by atoms with van der Waals surface area (Å²) in [6.07, 6.45) is 2.10. The minimum atomic E-state index is -0.0833. The average molecular weight is 279 g/mol. The van der Waals surface area contributed by atoms with E-state index in [1.807, 2.05) is 6.07 Å². The number of hydrogen-bond acceptors (Lipinski definition) is 4. The lowest BCUT2D eigenvalue weighted by Gasteiger charge is -2.19. The monoisotopic (exact) mass is 279 g/mol. The van der Waals surface area contributed by atoms with Crippen LogP contribution in [-0.4, -0.2) is 23.1 Å². The van der Waals surface area contributed by atoms with Gasteiger partial charge in [-0.3, -0.25) is 0 Å². The summed E-state index contributed by atoms with van der Waals surface area (Å²) < 4.78 is 5.67. The van der Waals surface area contributed by atoms with Crippen molar-refractivity contribution >= 4 is 5.82 Å². The van der Waals surface area contributed by atoms with Gasteiger partial charge in [0.05, 0.1) is 6.61 Å². The molecule has 0 aliphatic heterocycles. The van der Waals surface area contributed by atoms with Crippen LogP contribution in [0, 0.1) is 5.92 Å². The average Bonchev–Trinajstić information content (AvgIpc) is 2.34. The Labute approximate surface area is 123 Å². The normalized spacial score (nSPS) is 11.8. The number of ether oxygens (including phenoxy) is 1. The van der Waals surface area contributed by atoms with Gasteiger partial charge in [-0.05, 0) is 18.8 Å². The topological polar surface area (TPSA) is 47.0 Å². The summed E-state index contributed by atoms with van der Waals surface area (Å²) in [5.41, 5.74) is -0.0833. The summed E-state index contributed by atoms with van der Waals surface area (Å²) in [7, 11) is 0. The van der Waals surface area contributed by atoms with Gasteiger partial charge in [-0.1, -0.05) is 41.5 Å². The second-order valence-corrected chi connectivity index (χ2v) is 6.62. The van der Waals surface area contributed by atoms with Crippen LogP contribution in [-0.2, 0) is 5.41 Å². The second kappa shape index (κ2) is 7.46. The first-order valence-corrected chi connectivity index (χ1v) is 7.59. The molecular formula is C16H29N3O. The van der Waals surface area contributed by atoms with Gasteiger partial charge in [0.15, 0.2) is 0 Å². The van der Waals surface area contributed by atoms with Crippen LogP contribution in [0.5, 0.6) is 5.88 Å². The van der Waals surface area contributed by atoms with E-state index < -0.39 is 0 Å². The predicted molar refractivity (Wildman–Crippen MR) is 84.5 cm³/mol. The Bertz CT molecular complexity index is 411. The third-order valence-electron chi connectivity index (χ3n) is 2.86. The minimum Gasteiger partial charge on any atom is -0.478 e. The van der Waals surface area contributed by atoms with Crippen molar-refractivity contribution in [2.45, 2.75) is 59.8 Å². The fourth-order valence-corrected chi connectivity index (χ4v) is 1.62. The van der Waals surface area contributed by atoms with Crippen molar-refractivity contribution in [1.82, 2.24) is 9.97 Å². The van der Waals surface area contributed by atoms with Crippen molar-refractivity contribution in [3.63, 3.8) is 0 Å². The van der Waals surface area contributed by atoms with Crippen LogP contribution in [0.15, 0.2) is 6.07 Å². The maximum absolute atomic E-state index is 5.67. The SMILES string of the molecule is CCCOc1cc(NCCC(C)C)nc(C(C)(C)C)n1. The molecule has 20 heavy (non-hydrogen) atoms. The highest BCUT2D eigenvalue weighted by atomic mass is 16.5. The van der Waals surface area contributed by atoms with Gasteiger partial charge in [0.1, 0.15) is 11.6 Å². The smallest absolute Gasteiger partial charge is 0.218 e. The van der Waals surface area contributed by atoms with Gasteiger partial charge in [0, 0.05) is 18.0 Å². The molecule has 1 N–H and O–H groups in total. The zero-order valence-corrected chi connectivity index (χ0v) is 13.8. The van der Waals surface area contributed by atoms with Crippen molar-refractivity contribution in [1.29, 1.82) is 0 Å². The van der Waals surface area contributed by atoms with Crippen LogP contribution in [0.25, 0.3) is 0 Å². The van der Waals surface area contributed by atoms with Crippen LogP contribution in [0.3, 0.4) is 0 Å². The molecular weight excluding hydrogens is 250 g/mol. The van der Waals surface area contributed by atoms with Crippen molar-refractivity contribution in [2.75, 3.05) is 18.5 Å². The molecule has 1 heterocycles. The number of nitrogens with one attached hydrogen (secondary N) is 1. The zero-order valence-electron chi connectivity index (χ0n) is 13.8. The van der Waals surface area contributed by atoms with Crippen molar-refractivity contribution < 1.29 is 4.74 Å². The third kappa shape index (κ3) is 5.76. The highest BCUT2D eigenvalue weighted by Gasteiger charge is 2.19. The van der Waals surface area contributed by atoms with E-state index in [9.17, 15) is 0 Å². The number of aromatic nitrogens is 2. The number of rotatable bonds is 7. The summed E-state index contributed by atoms with van der Waals surface area (Å²) in [6, 6.07) is 1.89. The highest BCUT2D eigenvalue weighted by Crippen LogP contribution is 2.23. The van der Waals surface area contributed by atoms with Gasteiger partial charge in [-0.15, -0.1) is 0 Å². The van der Waals surface area contributed by atoms with E-state index in [1.54, 1.807) is 0 Å². The van der Waals surface area contributed by atoms with Gasteiger partial charge in [-0.25, -0.2) is 4.98 Å². The Morgan fingerprint density at radius 2 is 1.95 bits per heavy atom. The van der Waals surface area contributed by atoms with E-state index in [1.165, 1.54) is 0 Å². The summed E-state index contributed by atoms with van der Waals surface area (Å²) in [5, 5.41) is 3.37. The Hall–Kier alpha value is -1.32. The Morgan fingerprint density at radius 3 is 2.50 bits per heavy atom. The Kier molecular flexibility index (Phi) is 6.24. The Morgan fingerprint density at radius 1 is 1.25 bits per heavy atom. The number of hydrogen-bond donors (Lipinski definition) is 1. The molecule has 1 aromatic heterocycles. The summed E-state index contributed by atoms with van der Waals surface area (Å²) in [4.78, 5) is 9.12. The molecule has 4 nitrogen and oxygen atoms in total. The molecule has 114 valence electrons. The highest BCUT2D eigenvalue weighted by molar-refractivity contribution is 5.39. The summed E-state index contributed by atoms with van der Waals surface area (Å²) >= 11 is 0. The molecule has 4 heteroatoms. The molecule has 0 amide bonds. The maximum atomic E-state index is 5.67. The summed E-state index contributed by atoms with van der Waals surface area (Å²) in [6.45, 7) is 14.5.